The van der Waals surface area contributed by atoms with E-state index < -0.39 is 118 Å². The molecule has 3 aliphatic heterocycles. The van der Waals surface area contributed by atoms with Gasteiger partial charge in [0.15, 0.2) is 18.9 Å². The van der Waals surface area contributed by atoms with E-state index in [4.69, 9.17) is 23.7 Å². The molecule has 0 aliphatic carbocycles. The van der Waals surface area contributed by atoms with Gasteiger partial charge in [-0.2, -0.15) is 0 Å². The average Bonchev–Trinajstić information content (AvgIpc) is 2.86. The van der Waals surface area contributed by atoms with Gasteiger partial charge in [0, 0.05) is 6.92 Å². The van der Waals surface area contributed by atoms with Crippen LogP contribution >= 0.6 is 0 Å². The molecule has 17 heteroatoms. The molecule has 0 saturated carbocycles. The molecule has 15 atom stereocenters. The Bertz CT molecular complexity index is 747. The number of aliphatic hydroxyl groups is 10. The zero-order valence-corrected chi connectivity index (χ0v) is 19.7. The Labute approximate surface area is 210 Å². The van der Waals surface area contributed by atoms with Crippen LogP contribution in [0.25, 0.3) is 0 Å². The van der Waals surface area contributed by atoms with Gasteiger partial charge in [0.1, 0.15) is 73.2 Å². The number of hydrogen-bond acceptors (Lipinski definition) is 16. The van der Waals surface area contributed by atoms with Gasteiger partial charge in [-0.1, -0.05) is 0 Å². The molecule has 0 bridgehead atoms. The van der Waals surface area contributed by atoms with E-state index in [1.54, 1.807) is 0 Å². The van der Waals surface area contributed by atoms with Crippen molar-refractivity contribution in [2.45, 2.75) is 99.0 Å². The summed E-state index contributed by atoms with van der Waals surface area (Å²) in [6, 6.07) is -1.41. The van der Waals surface area contributed by atoms with E-state index in [-0.39, 0.29) is 0 Å². The highest BCUT2D eigenvalue weighted by atomic mass is 16.8. The third-order valence-corrected chi connectivity index (χ3v) is 6.48. The molecular weight excluding hydrogens is 510 g/mol. The minimum atomic E-state index is -1.86. The van der Waals surface area contributed by atoms with Gasteiger partial charge in [0.05, 0.1) is 19.8 Å². The normalized spacial score (nSPS) is 49.0. The van der Waals surface area contributed by atoms with E-state index in [0.29, 0.717) is 0 Å². The van der Waals surface area contributed by atoms with E-state index in [0.717, 1.165) is 6.92 Å². The van der Waals surface area contributed by atoms with Crippen LogP contribution in [0.15, 0.2) is 0 Å². The third kappa shape index (κ3) is 6.55. The first kappa shape index (κ1) is 30.4. The summed E-state index contributed by atoms with van der Waals surface area (Å²) in [5, 5.41) is 102. The zero-order chi connectivity index (χ0) is 27.6. The van der Waals surface area contributed by atoms with Crippen LogP contribution in [0.1, 0.15) is 6.92 Å². The standard InChI is InChI=1S/C20H35NO16/c1-5(24)21-9-13(28)10(25)6(2-22)35-19(9)37-17-15(30)11(26)7(3-23)36-20(17)33-4-8-12(27)14(29)16(31)18(32)34-8/h6-20,22-23,25-32H,2-4H2,1H3,(H,21,24)/t6-,7-,8-,9+,10-,11-,12-,13-,14+,15+,16-,17+,18+,19+,20-/m1/s1. The van der Waals surface area contributed by atoms with E-state index >= 15 is 0 Å². The summed E-state index contributed by atoms with van der Waals surface area (Å²) >= 11 is 0. The smallest absolute Gasteiger partial charge is 0.217 e. The van der Waals surface area contributed by atoms with Gasteiger partial charge in [0.25, 0.3) is 0 Å². The molecule has 3 saturated heterocycles. The second-order valence-corrected chi connectivity index (χ2v) is 9.11. The first-order valence-corrected chi connectivity index (χ1v) is 11.6. The van der Waals surface area contributed by atoms with Crippen LogP contribution in [0.3, 0.4) is 0 Å². The SMILES string of the molecule is CC(=O)N[C@@H]1[C@H](O[C@@H]2[C@H](OC[C@H]3O[C@H](O)[C@H](O)[C@@H](O)[C@@H]3O)O[C@H](CO)[C@@H](O)[C@@H]2O)O[C@H](CO)[C@@H](O)[C@@H]1O. The van der Waals surface area contributed by atoms with Crippen LogP contribution in [0.4, 0.5) is 0 Å². The maximum Gasteiger partial charge on any atom is 0.217 e. The van der Waals surface area contributed by atoms with Crippen molar-refractivity contribution in [2.75, 3.05) is 19.8 Å². The molecule has 0 spiro atoms. The molecule has 3 aliphatic rings. The van der Waals surface area contributed by atoms with Crippen LogP contribution in [-0.4, -0.2) is 169 Å². The third-order valence-electron chi connectivity index (χ3n) is 6.48. The molecule has 216 valence electrons. The molecule has 0 unspecified atom stereocenters. The summed E-state index contributed by atoms with van der Waals surface area (Å²) < 4.78 is 27.2. The number of rotatable bonds is 8. The minimum Gasteiger partial charge on any atom is -0.394 e. The molecule has 37 heavy (non-hydrogen) atoms. The first-order valence-electron chi connectivity index (χ1n) is 11.6. The van der Waals surface area contributed by atoms with Gasteiger partial charge in [0.2, 0.25) is 5.91 Å². The van der Waals surface area contributed by atoms with E-state index in [2.05, 4.69) is 5.32 Å². The highest BCUT2D eigenvalue weighted by Gasteiger charge is 2.52. The van der Waals surface area contributed by atoms with Gasteiger partial charge >= 0.3 is 0 Å². The van der Waals surface area contributed by atoms with Crippen molar-refractivity contribution in [3.63, 3.8) is 0 Å². The van der Waals surface area contributed by atoms with Crippen LogP contribution in [0.5, 0.6) is 0 Å². The van der Waals surface area contributed by atoms with Crippen molar-refractivity contribution in [3.8, 4) is 0 Å². The van der Waals surface area contributed by atoms with Crippen molar-refractivity contribution in [3.05, 3.63) is 0 Å². The maximum atomic E-state index is 11.7. The van der Waals surface area contributed by atoms with E-state index in [1.165, 1.54) is 0 Å². The minimum absolute atomic E-state index is 0.616. The van der Waals surface area contributed by atoms with Crippen LogP contribution in [0.2, 0.25) is 0 Å². The maximum absolute atomic E-state index is 11.7. The summed E-state index contributed by atoms with van der Waals surface area (Å²) in [6.07, 6.45) is -23.0. The van der Waals surface area contributed by atoms with Crippen molar-refractivity contribution >= 4 is 5.91 Å². The molecule has 0 aromatic carbocycles. The number of carbonyl (C=O) groups excluding carboxylic acids is 1. The molecule has 3 heterocycles. The Hall–Kier alpha value is -1.13. The summed E-state index contributed by atoms with van der Waals surface area (Å²) in [4.78, 5) is 11.7. The molecule has 3 fully saturated rings. The van der Waals surface area contributed by atoms with Gasteiger partial charge in [-0.05, 0) is 0 Å². The van der Waals surface area contributed by atoms with E-state index in [1.807, 2.05) is 0 Å². The number of ether oxygens (including phenoxy) is 5. The summed E-state index contributed by atoms with van der Waals surface area (Å²) in [5.74, 6) is -0.646. The fraction of sp³-hybridized carbons (Fsp3) is 0.950. The number of aliphatic hydroxyl groups excluding tert-OH is 10. The van der Waals surface area contributed by atoms with Crippen molar-refractivity contribution in [1.29, 1.82) is 0 Å². The molecule has 3 rings (SSSR count). The Kier molecular flexibility index (Phi) is 10.5. The lowest BCUT2D eigenvalue weighted by Crippen LogP contribution is -2.67. The molecule has 17 nitrogen and oxygen atoms in total. The highest BCUT2D eigenvalue weighted by Crippen LogP contribution is 2.30. The van der Waals surface area contributed by atoms with Crippen molar-refractivity contribution in [2.24, 2.45) is 0 Å². The predicted octanol–water partition coefficient (Wildman–Crippen LogP) is -7.43. The largest absolute Gasteiger partial charge is 0.394 e. The van der Waals surface area contributed by atoms with Crippen molar-refractivity contribution in [1.82, 2.24) is 5.32 Å². The molecule has 1 amide bonds. The van der Waals surface area contributed by atoms with Crippen LogP contribution in [-0.2, 0) is 28.5 Å². The number of amides is 1. The van der Waals surface area contributed by atoms with Crippen LogP contribution in [0, 0.1) is 0 Å². The molecule has 0 aromatic heterocycles. The molecule has 0 radical (unpaired) electrons. The molecule has 0 aromatic rings. The van der Waals surface area contributed by atoms with Crippen molar-refractivity contribution < 1.29 is 79.5 Å². The molecule has 11 N–H and O–H groups in total. The Morgan fingerprint density at radius 1 is 0.703 bits per heavy atom. The quantitative estimate of drug-likeness (QED) is 0.135. The number of carbonyl (C=O) groups is 1. The number of hydrogen-bond donors (Lipinski definition) is 11. The highest BCUT2D eigenvalue weighted by molar-refractivity contribution is 5.73. The fourth-order valence-electron chi connectivity index (χ4n) is 4.34. The Balaban J connectivity index is 1.80. The lowest BCUT2D eigenvalue weighted by atomic mass is 9.95. The van der Waals surface area contributed by atoms with Crippen LogP contribution < -0.4 is 5.32 Å². The second-order valence-electron chi connectivity index (χ2n) is 9.11. The molecular formula is C20H35NO16. The zero-order valence-electron chi connectivity index (χ0n) is 19.7. The topological polar surface area (TPSA) is 278 Å². The fourth-order valence-corrected chi connectivity index (χ4v) is 4.34. The Morgan fingerprint density at radius 3 is 1.81 bits per heavy atom. The van der Waals surface area contributed by atoms with Gasteiger partial charge < -0.3 is 80.1 Å². The summed E-state index contributed by atoms with van der Waals surface area (Å²) in [5.41, 5.74) is 0. The van der Waals surface area contributed by atoms with E-state index in [9.17, 15) is 55.9 Å². The van der Waals surface area contributed by atoms with Gasteiger partial charge in [-0.25, -0.2) is 0 Å². The first-order chi connectivity index (χ1) is 17.4. The number of nitrogens with one attached hydrogen (secondary N) is 1. The monoisotopic (exact) mass is 545 g/mol. The average molecular weight is 545 g/mol. The predicted molar refractivity (Wildman–Crippen MR) is 113 cm³/mol. The van der Waals surface area contributed by atoms with Gasteiger partial charge in [-0.15, -0.1) is 0 Å². The summed E-state index contributed by atoms with van der Waals surface area (Å²) in [7, 11) is 0. The Morgan fingerprint density at radius 2 is 1.24 bits per heavy atom. The lowest BCUT2D eigenvalue weighted by Gasteiger charge is -2.47. The summed E-state index contributed by atoms with van der Waals surface area (Å²) in [6.45, 7) is -1.02. The second kappa shape index (κ2) is 12.8. The van der Waals surface area contributed by atoms with Gasteiger partial charge in [-0.3, -0.25) is 4.79 Å². The lowest BCUT2D eigenvalue weighted by molar-refractivity contribution is -0.362.